The van der Waals surface area contributed by atoms with Gasteiger partial charge in [0.1, 0.15) is 5.82 Å². The maximum Gasteiger partial charge on any atom is 0.336 e. The predicted octanol–water partition coefficient (Wildman–Crippen LogP) is 4.50. The van der Waals surface area contributed by atoms with Gasteiger partial charge in [-0.25, -0.2) is 9.18 Å². The van der Waals surface area contributed by atoms with Crippen molar-refractivity contribution in [1.29, 1.82) is 0 Å². The summed E-state index contributed by atoms with van der Waals surface area (Å²) in [5.74, 6) is -1.64. The standard InChI is InChI=1S/C13H7Cl2FO2/c14-8-2-3-9(13(17)18)10(6-8)7-1-4-12(16)11(15)5-7/h1-6H,(H,17,18). The van der Waals surface area contributed by atoms with Crippen LogP contribution in [0.15, 0.2) is 36.4 Å². The van der Waals surface area contributed by atoms with Crippen molar-refractivity contribution < 1.29 is 14.3 Å². The number of carboxylic acid groups (broad SMARTS) is 1. The summed E-state index contributed by atoms with van der Waals surface area (Å²) in [6.45, 7) is 0. The maximum atomic E-state index is 13.1. The van der Waals surface area contributed by atoms with Crippen LogP contribution in [-0.2, 0) is 0 Å². The molecule has 0 radical (unpaired) electrons. The Morgan fingerprint density at radius 1 is 1.11 bits per heavy atom. The normalized spacial score (nSPS) is 10.4. The first-order chi connectivity index (χ1) is 8.49. The van der Waals surface area contributed by atoms with Crippen molar-refractivity contribution in [3.8, 4) is 11.1 Å². The molecule has 0 aliphatic heterocycles. The van der Waals surface area contributed by atoms with Crippen LogP contribution in [-0.4, -0.2) is 11.1 Å². The zero-order valence-electron chi connectivity index (χ0n) is 8.95. The van der Waals surface area contributed by atoms with Crippen LogP contribution in [0.2, 0.25) is 10.0 Å². The van der Waals surface area contributed by atoms with Crippen LogP contribution < -0.4 is 0 Å². The number of carbonyl (C=O) groups is 1. The molecule has 0 heterocycles. The zero-order valence-corrected chi connectivity index (χ0v) is 10.5. The third-order valence-electron chi connectivity index (χ3n) is 2.44. The van der Waals surface area contributed by atoms with Gasteiger partial charge in [-0.2, -0.15) is 0 Å². The van der Waals surface area contributed by atoms with Gasteiger partial charge in [0.25, 0.3) is 0 Å². The Balaban J connectivity index is 2.65. The molecular weight excluding hydrogens is 278 g/mol. The van der Waals surface area contributed by atoms with Crippen LogP contribution in [0.3, 0.4) is 0 Å². The fourth-order valence-electron chi connectivity index (χ4n) is 1.61. The minimum atomic E-state index is -1.08. The van der Waals surface area contributed by atoms with Gasteiger partial charge >= 0.3 is 5.97 Å². The first kappa shape index (κ1) is 12.9. The van der Waals surface area contributed by atoms with Crippen molar-refractivity contribution in [2.24, 2.45) is 0 Å². The molecule has 2 aromatic carbocycles. The number of hydrogen-bond donors (Lipinski definition) is 1. The fraction of sp³-hybridized carbons (Fsp3) is 0. The summed E-state index contributed by atoms with van der Waals surface area (Å²) < 4.78 is 13.1. The molecule has 2 rings (SSSR count). The second-order valence-electron chi connectivity index (χ2n) is 3.62. The summed E-state index contributed by atoms with van der Waals surface area (Å²) in [6, 6.07) is 8.41. The maximum absolute atomic E-state index is 13.1. The molecule has 5 heteroatoms. The molecule has 0 aliphatic rings. The van der Waals surface area contributed by atoms with Crippen molar-refractivity contribution >= 4 is 29.2 Å². The van der Waals surface area contributed by atoms with E-state index in [2.05, 4.69) is 0 Å². The van der Waals surface area contributed by atoms with Gasteiger partial charge in [0.15, 0.2) is 0 Å². The number of rotatable bonds is 2. The molecule has 0 aromatic heterocycles. The smallest absolute Gasteiger partial charge is 0.336 e. The van der Waals surface area contributed by atoms with E-state index in [9.17, 15) is 9.18 Å². The highest BCUT2D eigenvalue weighted by molar-refractivity contribution is 6.31. The molecule has 0 amide bonds. The van der Waals surface area contributed by atoms with E-state index >= 15 is 0 Å². The lowest BCUT2D eigenvalue weighted by Crippen LogP contribution is -1.99. The second-order valence-corrected chi connectivity index (χ2v) is 4.47. The highest BCUT2D eigenvalue weighted by Crippen LogP contribution is 2.30. The topological polar surface area (TPSA) is 37.3 Å². The van der Waals surface area contributed by atoms with E-state index in [0.29, 0.717) is 16.1 Å². The Bertz CT molecular complexity index is 626. The lowest BCUT2D eigenvalue weighted by atomic mass is 10.00. The van der Waals surface area contributed by atoms with Crippen LogP contribution in [0.4, 0.5) is 4.39 Å². The van der Waals surface area contributed by atoms with Gasteiger partial charge < -0.3 is 5.11 Å². The number of halogens is 3. The Labute approximate surface area is 113 Å². The van der Waals surface area contributed by atoms with Crippen molar-refractivity contribution in [3.63, 3.8) is 0 Å². The van der Waals surface area contributed by atoms with Crippen LogP contribution in [0.5, 0.6) is 0 Å². The summed E-state index contributed by atoms with van der Waals surface area (Å²) >= 11 is 11.5. The molecule has 0 saturated heterocycles. The van der Waals surface area contributed by atoms with Gasteiger partial charge in [-0.1, -0.05) is 29.3 Å². The van der Waals surface area contributed by atoms with Crippen LogP contribution in [0, 0.1) is 5.82 Å². The average Bonchev–Trinajstić information content (AvgIpc) is 2.32. The molecular formula is C13H7Cl2FO2. The zero-order chi connectivity index (χ0) is 13.3. The van der Waals surface area contributed by atoms with Gasteiger partial charge in [0, 0.05) is 5.02 Å². The number of aromatic carboxylic acids is 1. The van der Waals surface area contributed by atoms with Crippen molar-refractivity contribution in [1.82, 2.24) is 0 Å². The van der Waals surface area contributed by atoms with Crippen LogP contribution >= 0.6 is 23.2 Å². The first-order valence-electron chi connectivity index (χ1n) is 4.97. The SMILES string of the molecule is O=C(O)c1ccc(Cl)cc1-c1ccc(F)c(Cl)c1. The molecule has 1 N–H and O–H groups in total. The van der Waals surface area contributed by atoms with E-state index in [1.165, 1.54) is 36.4 Å². The first-order valence-corrected chi connectivity index (χ1v) is 5.73. The van der Waals surface area contributed by atoms with Crippen molar-refractivity contribution in [3.05, 3.63) is 57.8 Å². The number of benzene rings is 2. The third kappa shape index (κ3) is 2.47. The summed E-state index contributed by atoms with van der Waals surface area (Å²) in [5, 5.41) is 9.42. The lowest BCUT2D eigenvalue weighted by Gasteiger charge is -2.07. The molecule has 2 aromatic rings. The van der Waals surface area contributed by atoms with Gasteiger partial charge in [-0.3, -0.25) is 0 Å². The Kier molecular flexibility index (Phi) is 3.55. The Hall–Kier alpha value is -1.58. The largest absolute Gasteiger partial charge is 0.478 e. The molecule has 0 spiro atoms. The third-order valence-corrected chi connectivity index (χ3v) is 2.97. The summed E-state index contributed by atoms with van der Waals surface area (Å²) in [5.41, 5.74) is 0.986. The summed E-state index contributed by atoms with van der Waals surface area (Å²) in [7, 11) is 0. The van der Waals surface area contributed by atoms with E-state index < -0.39 is 11.8 Å². The van der Waals surface area contributed by atoms with Gasteiger partial charge in [-0.15, -0.1) is 0 Å². The van der Waals surface area contributed by atoms with E-state index in [1.807, 2.05) is 0 Å². The van der Waals surface area contributed by atoms with Gasteiger partial charge in [-0.05, 0) is 41.5 Å². The van der Waals surface area contributed by atoms with E-state index in [0.717, 1.165) is 0 Å². The van der Waals surface area contributed by atoms with E-state index in [1.54, 1.807) is 0 Å². The van der Waals surface area contributed by atoms with Crippen LogP contribution in [0.1, 0.15) is 10.4 Å². The fourth-order valence-corrected chi connectivity index (χ4v) is 1.96. The summed E-state index contributed by atoms with van der Waals surface area (Å²) in [4.78, 5) is 11.1. The molecule has 92 valence electrons. The Morgan fingerprint density at radius 2 is 1.83 bits per heavy atom. The molecule has 0 atom stereocenters. The second kappa shape index (κ2) is 4.96. The molecule has 0 aliphatic carbocycles. The minimum absolute atomic E-state index is 0.0659. The number of carboxylic acids is 1. The predicted molar refractivity (Wildman–Crippen MR) is 68.8 cm³/mol. The monoisotopic (exact) mass is 284 g/mol. The van der Waals surface area contributed by atoms with Gasteiger partial charge in [0.05, 0.1) is 10.6 Å². The summed E-state index contributed by atoms with van der Waals surface area (Å²) in [6.07, 6.45) is 0. The molecule has 18 heavy (non-hydrogen) atoms. The van der Waals surface area contributed by atoms with Gasteiger partial charge in [0.2, 0.25) is 0 Å². The molecule has 0 saturated carbocycles. The van der Waals surface area contributed by atoms with E-state index in [4.69, 9.17) is 28.3 Å². The highest BCUT2D eigenvalue weighted by atomic mass is 35.5. The lowest BCUT2D eigenvalue weighted by molar-refractivity contribution is 0.0698. The molecule has 0 unspecified atom stereocenters. The number of hydrogen-bond acceptors (Lipinski definition) is 1. The average molecular weight is 285 g/mol. The quantitative estimate of drug-likeness (QED) is 0.882. The van der Waals surface area contributed by atoms with Crippen molar-refractivity contribution in [2.75, 3.05) is 0 Å². The van der Waals surface area contributed by atoms with Crippen molar-refractivity contribution in [2.45, 2.75) is 0 Å². The Morgan fingerprint density at radius 3 is 2.44 bits per heavy atom. The van der Waals surface area contributed by atoms with E-state index in [-0.39, 0.29) is 10.6 Å². The molecule has 0 fully saturated rings. The molecule has 0 bridgehead atoms. The molecule has 2 nitrogen and oxygen atoms in total. The van der Waals surface area contributed by atoms with Crippen LogP contribution in [0.25, 0.3) is 11.1 Å². The minimum Gasteiger partial charge on any atom is -0.478 e. The highest BCUT2D eigenvalue weighted by Gasteiger charge is 2.13.